The van der Waals surface area contributed by atoms with Crippen LogP contribution in [0.4, 0.5) is 13.2 Å². The Hall–Kier alpha value is -3.07. The summed E-state index contributed by atoms with van der Waals surface area (Å²) in [5.41, 5.74) is 2.49. The van der Waals surface area contributed by atoms with Crippen molar-refractivity contribution in [3.63, 3.8) is 0 Å². The van der Waals surface area contributed by atoms with E-state index in [-0.39, 0.29) is 29.2 Å². The molecule has 2 amide bonds. The molecular weight excluding hydrogens is 473 g/mol. The minimum atomic E-state index is -4.75. The maximum atomic E-state index is 13.4. The molecule has 4 rings (SSSR count). The lowest BCUT2D eigenvalue weighted by Gasteiger charge is -2.47. The average molecular weight is 505 g/mol. The Bertz CT molecular complexity index is 1110. The van der Waals surface area contributed by atoms with Crippen molar-refractivity contribution < 1.29 is 32.2 Å². The molecule has 2 heterocycles. The van der Waals surface area contributed by atoms with Crippen molar-refractivity contribution in [3.8, 4) is 16.9 Å². The van der Waals surface area contributed by atoms with Gasteiger partial charge in [0.05, 0.1) is 5.60 Å². The molecule has 0 radical (unpaired) electrons. The van der Waals surface area contributed by atoms with Crippen LogP contribution in [0.1, 0.15) is 48.5 Å². The number of carbonyl (C=O) groups excluding carboxylic acids is 2. The lowest BCUT2D eigenvalue weighted by atomic mass is 9.81. The maximum absolute atomic E-state index is 13.4. The average Bonchev–Trinajstić information content (AvgIpc) is 2.83. The molecule has 36 heavy (non-hydrogen) atoms. The van der Waals surface area contributed by atoms with Crippen LogP contribution >= 0.6 is 0 Å². The normalized spacial score (nSPS) is 19.7. The molecule has 0 N–H and O–H groups in total. The first-order valence-corrected chi connectivity index (χ1v) is 12.1. The number of piperidine rings is 1. The van der Waals surface area contributed by atoms with Crippen LogP contribution in [-0.2, 0) is 9.53 Å². The molecule has 0 saturated carbocycles. The van der Waals surface area contributed by atoms with E-state index >= 15 is 0 Å². The molecule has 1 spiro atoms. The highest BCUT2D eigenvalue weighted by atomic mass is 19.4. The molecule has 0 aliphatic carbocycles. The van der Waals surface area contributed by atoms with Crippen LogP contribution in [0, 0.1) is 6.92 Å². The maximum Gasteiger partial charge on any atom is 0.573 e. The van der Waals surface area contributed by atoms with Gasteiger partial charge in [0.15, 0.2) is 0 Å². The summed E-state index contributed by atoms with van der Waals surface area (Å²) in [7, 11) is 1.83. The largest absolute Gasteiger partial charge is 0.573 e. The number of hydrogen-bond donors (Lipinski definition) is 0. The molecule has 2 aliphatic heterocycles. The summed E-state index contributed by atoms with van der Waals surface area (Å²) in [5.74, 6) is -0.322. The fourth-order valence-electron chi connectivity index (χ4n) is 5.24. The fraction of sp³-hybridized carbons (Fsp3) is 0.481. The quantitative estimate of drug-likeness (QED) is 0.575. The second-order valence-corrected chi connectivity index (χ2v) is 9.65. The molecule has 2 aromatic carbocycles. The van der Waals surface area contributed by atoms with Gasteiger partial charge in [0.1, 0.15) is 5.75 Å². The molecule has 0 aromatic heterocycles. The minimum absolute atomic E-state index is 0.0440. The van der Waals surface area contributed by atoms with Crippen molar-refractivity contribution in [3.05, 3.63) is 53.6 Å². The Morgan fingerprint density at radius 3 is 2.39 bits per heavy atom. The molecule has 2 saturated heterocycles. The van der Waals surface area contributed by atoms with Crippen molar-refractivity contribution in [1.29, 1.82) is 0 Å². The van der Waals surface area contributed by atoms with Gasteiger partial charge >= 0.3 is 6.36 Å². The van der Waals surface area contributed by atoms with Gasteiger partial charge in [-0.1, -0.05) is 24.3 Å². The zero-order valence-corrected chi connectivity index (χ0v) is 20.7. The molecule has 2 fully saturated rings. The highest BCUT2D eigenvalue weighted by Gasteiger charge is 2.42. The van der Waals surface area contributed by atoms with Crippen LogP contribution in [0.15, 0.2) is 42.5 Å². The van der Waals surface area contributed by atoms with Gasteiger partial charge in [-0.2, -0.15) is 0 Å². The van der Waals surface area contributed by atoms with E-state index in [0.29, 0.717) is 43.7 Å². The summed E-state index contributed by atoms with van der Waals surface area (Å²) in [4.78, 5) is 28.9. The molecule has 0 bridgehead atoms. The highest BCUT2D eigenvalue weighted by molar-refractivity contribution is 5.97. The molecule has 2 aliphatic rings. The van der Waals surface area contributed by atoms with Crippen LogP contribution < -0.4 is 4.74 Å². The Balaban J connectivity index is 1.45. The first-order chi connectivity index (χ1) is 17.0. The van der Waals surface area contributed by atoms with E-state index in [1.807, 2.05) is 24.9 Å². The smallest absolute Gasteiger partial charge is 0.406 e. The third-order valence-corrected chi connectivity index (χ3v) is 7.44. The summed E-state index contributed by atoms with van der Waals surface area (Å²) in [5, 5.41) is 0. The van der Waals surface area contributed by atoms with Crippen molar-refractivity contribution >= 4 is 11.8 Å². The molecule has 9 heteroatoms. The third-order valence-electron chi connectivity index (χ3n) is 7.44. The molecule has 2 aromatic rings. The summed E-state index contributed by atoms with van der Waals surface area (Å²) in [6, 6.07) is 11.2. The van der Waals surface area contributed by atoms with Gasteiger partial charge in [0.25, 0.3) is 5.91 Å². The number of halogens is 3. The SMILES string of the molecule is CC(=O)N(C)[C@H]1CCOC2(CCN(C(=O)c3cccc(-c4ccc(OC(F)(F)F)cc4)c3C)CC2)C1. The van der Waals surface area contributed by atoms with Crippen LogP contribution in [0.2, 0.25) is 0 Å². The van der Waals surface area contributed by atoms with Crippen LogP contribution in [0.3, 0.4) is 0 Å². The molecule has 1 atom stereocenters. The van der Waals surface area contributed by atoms with Crippen LogP contribution in [0.5, 0.6) is 5.75 Å². The standard InChI is InChI=1S/C27H31F3N2O4/c1-18-23(20-7-9-22(10-8-20)36-27(28,29)30)5-4-6-24(18)25(34)32-14-12-26(13-15-32)17-21(11-16-35-26)31(3)19(2)33/h4-10,21H,11-17H2,1-3H3/t21-/m0/s1. The van der Waals surface area contributed by atoms with Crippen LogP contribution in [0.25, 0.3) is 11.1 Å². The zero-order valence-electron chi connectivity index (χ0n) is 20.7. The van der Waals surface area contributed by atoms with Gasteiger partial charge in [0, 0.05) is 45.3 Å². The number of amides is 2. The summed E-state index contributed by atoms with van der Waals surface area (Å²) in [6.45, 7) is 5.14. The van der Waals surface area contributed by atoms with E-state index in [1.165, 1.54) is 12.1 Å². The molecule has 0 unspecified atom stereocenters. The monoisotopic (exact) mass is 504 g/mol. The predicted molar refractivity (Wildman–Crippen MR) is 129 cm³/mol. The van der Waals surface area contributed by atoms with Crippen molar-refractivity contribution in [2.24, 2.45) is 0 Å². The molecule has 194 valence electrons. The zero-order chi connectivity index (χ0) is 26.1. The van der Waals surface area contributed by atoms with E-state index in [1.54, 1.807) is 36.1 Å². The number of benzene rings is 2. The second kappa shape index (κ2) is 10.1. The van der Waals surface area contributed by atoms with Gasteiger partial charge in [-0.3, -0.25) is 9.59 Å². The number of nitrogens with zero attached hydrogens (tertiary/aromatic N) is 2. The molecule has 6 nitrogen and oxygen atoms in total. The topological polar surface area (TPSA) is 59.1 Å². The Morgan fingerprint density at radius 1 is 1.11 bits per heavy atom. The third kappa shape index (κ3) is 5.67. The lowest BCUT2D eigenvalue weighted by molar-refractivity contribution is -0.274. The van der Waals surface area contributed by atoms with E-state index in [4.69, 9.17) is 4.74 Å². The van der Waals surface area contributed by atoms with Gasteiger partial charge in [-0.25, -0.2) is 0 Å². The van der Waals surface area contributed by atoms with Gasteiger partial charge < -0.3 is 19.3 Å². The predicted octanol–water partition coefficient (Wildman–Crippen LogP) is 5.19. The van der Waals surface area contributed by atoms with Crippen molar-refractivity contribution in [1.82, 2.24) is 9.80 Å². The van der Waals surface area contributed by atoms with Gasteiger partial charge in [0.2, 0.25) is 5.91 Å². The number of hydrogen-bond acceptors (Lipinski definition) is 4. The summed E-state index contributed by atoms with van der Waals surface area (Å²) in [6.07, 6.45) is -1.74. The Labute approximate surface area is 209 Å². The second-order valence-electron chi connectivity index (χ2n) is 9.65. The fourth-order valence-corrected chi connectivity index (χ4v) is 5.24. The summed E-state index contributed by atoms with van der Waals surface area (Å²) >= 11 is 0. The van der Waals surface area contributed by atoms with E-state index < -0.39 is 6.36 Å². The number of rotatable bonds is 4. The number of ether oxygens (including phenoxy) is 2. The number of alkyl halides is 3. The Morgan fingerprint density at radius 2 is 1.78 bits per heavy atom. The number of likely N-dealkylation sites (tertiary alicyclic amines) is 1. The summed E-state index contributed by atoms with van der Waals surface area (Å²) < 4.78 is 47.5. The van der Waals surface area contributed by atoms with Crippen molar-refractivity contribution in [2.75, 3.05) is 26.7 Å². The Kier molecular flexibility index (Phi) is 7.31. The van der Waals surface area contributed by atoms with E-state index in [0.717, 1.165) is 24.0 Å². The van der Waals surface area contributed by atoms with Gasteiger partial charge in [-0.05, 0) is 67.5 Å². The van der Waals surface area contributed by atoms with Crippen LogP contribution in [-0.4, -0.2) is 66.4 Å². The number of carbonyl (C=O) groups is 2. The highest BCUT2D eigenvalue weighted by Crippen LogP contribution is 2.37. The first kappa shape index (κ1) is 26.0. The molecular formula is C27H31F3N2O4. The van der Waals surface area contributed by atoms with E-state index in [9.17, 15) is 22.8 Å². The minimum Gasteiger partial charge on any atom is -0.406 e. The lowest BCUT2D eigenvalue weighted by Crippen LogP contribution is -2.54. The first-order valence-electron chi connectivity index (χ1n) is 12.1. The van der Waals surface area contributed by atoms with E-state index in [2.05, 4.69) is 4.74 Å². The van der Waals surface area contributed by atoms with Crippen molar-refractivity contribution in [2.45, 2.75) is 57.5 Å². The van der Waals surface area contributed by atoms with Gasteiger partial charge in [-0.15, -0.1) is 13.2 Å².